The molecule has 3 atom stereocenters. The van der Waals surface area contributed by atoms with Gasteiger partial charge in [0.15, 0.2) is 0 Å². The quantitative estimate of drug-likeness (QED) is 0.613. The van der Waals surface area contributed by atoms with Gasteiger partial charge in [0.1, 0.15) is 0 Å². The molecule has 4 rings (SSSR count). The highest BCUT2D eigenvalue weighted by Crippen LogP contribution is 2.57. The van der Waals surface area contributed by atoms with E-state index < -0.39 is 0 Å². The van der Waals surface area contributed by atoms with Crippen LogP contribution < -0.4 is 0 Å². The van der Waals surface area contributed by atoms with Gasteiger partial charge in [-0.1, -0.05) is 73.5 Å². The Hall–Kier alpha value is -2.35. The lowest BCUT2D eigenvalue weighted by Gasteiger charge is -2.31. The van der Waals surface area contributed by atoms with Crippen LogP contribution >= 0.6 is 0 Å². The van der Waals surface area contributed by atoms with Crippen molar-refractivity contribution < 1.29 is 9.53 Å². The molecule has 0 saturated heterocycles. The second kappa shape index (κ2) is 8.12. The van der Waals surface area contributed by atoms with Gasteiger partial charge in [-0.15, -0.1) is 0 Å². The molecule has 2 nitrogen and oxygen atoms in total. The first-order valence-corrected chi connectivity index (χ1v) is 10.3. The van der Waals surface area contributed by atoms with Crippen LogP contribution in [0.25, 0.3) is 11.1 Å². The second-order valence-electron chi connectivity index (χ2n) is 7.73. The Bertz CT molecular complexity index is 807. The van der Waals surface area contributed by atoms with E-state index in [0.29, 0.717) is 24.9 Å². The second-order valence-corrected chi connectivity index (χ2v) is 7.73. The van der Waals surface area contributed by atoms with Crippen molar-refractivity contribution in [2.45, 2.75) is 39.0 Å². The maximum absolute atomic E-state index is 12.4. The Morgan fingerprint density at radius 3 is 2.11 bits per heavy atom. The Labute approximate surface area is 162 Å². The molecule has 2 aromatic rings. The number of carbonyl (C=O) groups is 1. The number of allylic oxidation sites excluding steroid dienone is 2. The van der Waals surface area contributed by atoms with E-state index in [1.165, 1.54) is 48.0 Å². The molecule has 2 heteroatoms. The zero-order valence-corrected chi connectivity index (χ0v) is 16.1. The summed E-state index contributed by atoms with van der Waals surface area (Å²) in [6, 6.07) is 21.5. The molecule has 0 amide bonds. The average Bonchev–Trinajstić information content (AvgIpc) is 3.04. The predicted molar refractivity (Wildman–Crippen MR) is 110 cm³/mol. The van der Waals surface area contributed by atoms with Crippen molar-refractivity contribution in [1.29, 1.82) is 0 Å². The molecule has 0 bridgehead atoms. The van der Waals surface area contributed by atoms with Crippen LogP contribution in [-0.2, 0) is 9.53 Å². The lowest BCUT2D eigenvalue weighted by Crippen LogP contribution is -2.24. The summed E-state index contributed by atoms with van der Waals surface area (Å²) in [5.74, 6) is 1.30. The zero-order chi connectivity index (χ0) is 18.6. The van der Waals surface area contributed by atoms with Gasteiger partial charge in [-0.3, -0.25) is 4.79 Å². The molecule has 0 aromatic heterocycles. The van der Waals surface area contributed by atoms with Gasteiger partial charge in [0.25, 0.3) is 0 Å². The summed E-state index contributed by atoms with van der Waals surface area (Å²) in [4.78, 5) is 12.4. The molecule has 140 valence electrons. The molecule has 0 radical (unpaired) electrons. The number of ether oxygens (including phenoxy) is 1. The predicted octanol–water partition coefficient (Wildman–Crippen LogP) is 5.99. The van der Waals surface area contributed by atoms with Crippen molar-refractivity contribution >= 4 is 17.1 Å². The average molecular weight is 360 g/mol. The Morgan fingerprint density at radius 2 is 1.48 bits per heavy atom. The van der Waals surface area contributed by atoms with Gasteiger partial charge < -0.3 is 4.74 Å². The molecule has 2 aromatic carbocycles. The van der Waals surface area contributed by atoms with Gasteiger partial charge in [-0.25, -0.2) is 0 Å². The highest BCUT2D eigenvalue weighted by atomic mass is 16.5. The van der Waals surface area contributed by atoms with E-state index in [4.69, 9.17) is 4.74 Å². The van der Waals surface area contributed by atoms with E-state index in [1.807, 2.05) is 6.92 Å². The van der Waals surface area contributed by atoms with Gasteiger partial charge in [0.2, 0.25) is 0 Å². The zero-order valence-electron chi connectivity index (χ0n) is 16.1. The topological polar surface area (TPSA) is 26.3 Å². The van der Waals surface area contributed by atoms with E-state index in [1.54, 1.807) is 0 Å². The molecule has 27 heavy (non-hydrogen) atoms. The summed E-state index contributed by atoms with van der Waals surface area (Å²) in [6.45, 7) is 2.34. The van der Waals surface area contributed by atoms with Gasteiger partial charge in [0, 0.05) is 0 Å². The molecule has 1 fully saturated rings. The Morgan fingerprint density at radius 1 is 0.889 bits per heavy atom. The minimum atomic E-state index is -0.0606. The summed E-state index contributed by atoms with van der Waals surface area (Å²) in [6.07, 6.45) is 5.48. The maximum Gasteiger partial charge on any atom is 0.306 e. The van der Waals surface area contributed by atoms with E-state index in [0.717, 1.165) is 0 Å². The van der Waals surface area contributed by atoms with Crippen molar-refractivity contribution in [2.24, 2.45) is 17.8 Å². The fraction of sp³-hybridized carbons (Fsp3) is 0.400. The first-order valence-electron chi connectivity index (χ1n) is 10.3. The summed E-state index contributed by atoms with van der Waals surface area (Å²) >= 11 is 0. The van der Waals surface area contributed by atoms with Crippen LogP contribution in [0.1, 0.15) is 50.2 Å². The first-order chi connectivity index (χ1) is 13.3. The highest BCUT2D eigenvalue weighted by Gasteiger charge is 2.44. The monoisotopic (exact) mass is 360 g/mol. The van der Waals surface area contributed by atoms with Gasteiger partial charge in [0.05, 0.1) is 13.0 Å². The molecule has 0 heterocycles. The molecule has 1 saturated carbocycles. The molecule has 0 spiro atoms. The minimum Gasteiger partial charge on any atom is -0.466 e. The summed E-state index contributed by atoms with van der Waals surface area (Å²) < 4.78 is 5.35. The van der Waals surface area contributed by atoms with Crippen LogP contribution in [0.4, 0.5) is 0 Å². The van der Waals surface area contributed by atoms with Crippen molar-refractivity contribution in [3.05, 3.63) is 71.8 Å². The maximum atomic E-state index is 12.4. The van der Waals surface area contributed by atoms with Gasteiger partial charge in [-0.2, -0.15) is 0 Å². The molecule has 2 aliphatic carbocycles. The van der Waals surface area contributed by atoms with E-state index in [2.05, 4.69) is 60.7 Å². The van der Waals surface area contributed by atoms with Crippen molar-refractivity contribution in [1.82, 2.24) is 0 Å². The third-order valence-electron chi connectivity index (χ3n) is 6.23. The lowest BCUT2D eigenvalue weighted by atomic mass is 9.73. The van der Waals surface area contributed by atoms with Crippen LogP contribution in [0.3, 0.4) is 0 Å². The number of carbonyl (C=O) groups excluding carboxylic acids is 1. The summed E-state index contributed by atoms with van der Waals surface area (Å²) in [5, 5.41) is 0. The third kappa shape index (κ3) is 3.58. The fourth-order valence-corrected chi connectivity index (χ4v) is 5.24. The minimum absolute atomic E-state index is 0.0606. The summed E-state index contributed by atoms with van der Waals surface area (Å²) in [5.41, 5.74) is 5.44. The number of fused-ring (bicyclic) bond motifs is 1. The van der Waals surface area contributed by atoms with Gasteiger partial charge >= 0.3 is 5.97 Å². The number of esters is 1. The number of rotatable bonds is 5. The molecule has 2 aliphatic rings. The molecular weight excluding hydrogens is 332 g/mol. The largest absolute Gasteiger partial charge is 0.466 e. The highest BCUT2D eigenvalue weighted by molar-refractivity contribution is 5.96. The standard InChI is InChI=1S/C25H28O2/c1-2-27-23(26)17-22-20-15-9-10-16-21(20)24(18-11-5-3-6-12-18)25(22)19-13-7-4-8-14-19/h3-8,11-14,20-22H,2,9-10,15-17H2,1H3. The van der Waals surface area contributed by atoms with E-state index in [-0.39, 0.29) is 11.9 Å². The smallest absolute Gasteiger partial charge is 0.306 e. The normalized spacial score (nSPS) is 24.6. The van der Waals surface area contributed by atoms with Crippen LogP contribution in [0.15, 0.2) is 60.7 Å². The lowest BCUT2D eigenvalue weighted by molar-refractivity contribution is -0.144. The van der Waals surface area contributed by atoms with Crippen LogP contribution in [0.2, 0.25) is 0 Å². The van der Waals surface area contributed by atoms with E-state index >= 15 is 0 Å². The number of hydrogen-bond acceptors (Lipinski definition) is 2. The van der Waals surface area contributed by atoms with Crippen molar-refractivity contribution in [2.75, 3.05) is 6.61 Å². The molecule has 0 aliphatic heterocycles. The fourth-order valence-electron chi connectivity index (χ4n) is 5.24. The Balaban J connectivity index is 1.85. The van der Waals surface area contributed by atoms with Crippen LogP contribution in [0.5, 0.6) is 0 Å². The van der Waals surface area contributed by atoms with Crippen molar-refractivity contribution in [3.8, 4) is 0 Å². The first kappa shape index (κ1) is 18.0. The molecule has 0 N–H and O–H groups in total. The SMILES string of the molecule is CCOC(=O)CC1C(c2ccccc2)=C(c2ccccc2)C2CCCCC21. The Kier molecular flexibility index (Phi) is 5.42. The number of hydrogen-bond donors (Lipinski definition) is 0. The third-order valence-corrected chi connectivity index (χ3v) is 6.23. The van der Waals surface area contributed by atoms with Crippen molar-refractivity contribution in [3.63, 3.8) is 0 Å². The molecular formula is C25H28O2. The van der Waals surface area contributed by atoms with Crippen LogP contribution in [0, 0.1) is 17.8 Å². The van der Waals surface area contributed by atoms with Crippen LogP contribution in [-0.4, -0.2) is 12.6 Å². The van der Waals surface area contributed by atoms with Gasteiger partial charge in [-0.05, 0) is 59.8 Å². The summed E-state index contributed by atoms with van der Waals surface area (Å²) in [7, 11) is 0. The van der Waals surface area contributed by atoms with E-state index in [9.17, 15) is 4.79 Å². The molecule has 3 unspecified atom stereocenters. The number of benzene rings is 2.